The van der Waals surface area contributed by atoms with E-state index in [0.717, 1.165) is 15.8 Å². The van der Waals surface area contributed by atoms with Crippen LogP contribution < -0.4 is 9.47 Å². The van der Waals surface area contributed by atoms with Gasteiger partial charge in [-0.15, -0.1) is 5.10 Å². The lowest BCUT2D eigenvalue weighted by molar-refractivity contribution is 0.102. The third-order valence-corrected chi connectivity index (χ3v) is 5.18. The molecular weight excluding hydrogens is 430 g/mol. The Hall–Kier alpha value is -2.32. The zero-order valence-corrected chi connectivity index (χ0v) is 17.3. The SMILES string of the molecule is CCOc1ccccc1-c1nc(SCC(=O)c2ccc(OC)c(Br)c2)n[nH]1. The number of para-hydroxylation sites is 1. The predicted molar refractivity (Wildman–Crippen MR) is 109 cm³/mol. The van der Waals surface area contributed by atoms with E-state index in [1.807, 2.05) is 31.2 Å². The highest BCUT2D eigenvalue weighted by Crippen LogP contribution is 2.29. The molecule has 1 aromatic heterocycles. The number of ketones is 1. The topological polar surface area (TPSA) is 77.1 Å². The van der Waals surface area contributed by atoms with Crippen LogP contribution in [0.5, 0.6) is 11.5 Å². The summed E-state index contributed by atoms with van der Waals surface area (Å²) in [6.45, 7) is 2.50. The second kappa shape index (κ2) is 9.05. The Morgan fingerprint density at radius 2 is 2.04 bits per heavy atom. The van der Waals surface area contributed by atoms with Crippen LogP contribution in [0.1, 0.15) is 17.3 Å². The minimum atomic E-state index is -0.00980. The molecule has 0 radical (unpaired) electrons. The van der Waals surface area contributed by atoms with Crippen molar-refractivity contribution in [3.63, 3.8) is 0 Å². The highest BCUT2D eigenvalue weighted by atomic mass is 79.9. The summed E-state index contributed by atoms with van der Waals surface area (Å²) in [5.74, 6) is 2.27. The first-order valence-electron chi connectivity index (χ1n) is 8.26. The predicted octanol–water partition coefficient (Wildman–Crippen LogP) is 4.62. The van der Waals surface area contributed by atoms with Gasteiger partial charge in [0.05, 0.1) is 29.5 Å². The first kappa shape index (κ1) is 19.4. The van der Waals surface area contributed by atoms with E-state index in [1.54, 1.807) is 25.3 Å². The molecule has 140 valence electrons. The fourth-order valence-corrected chi connectivity index (χ4v) is 3.66. The third kappa shape index (κ3) is 4.70. The molecule has 0 unspecified atom stereocenters. The van der Waals surface area contributed by atoms with Crippen molar-refractivity contribution in [3.8, 4) is 22.9 Å². The summed E-state index contributed by atoms with van der Waals surface area (Å²) in [6.07, 6.45) is 0. The maximum absolute atomic E-state index is 12.4. The summed E-state index contributed by atoms with van der Waals surface area (Å²) in [7, 11) is 1.59. The normalized spacial score (nSPS) is 10.6. The van der Waals surface area contributed by atoms with Gasteiger partial charge in [0.25, 0.3) is 0 Å². The van der Waals surface area contributed by atoms with Gasteiger partial charge in [-0.05, 0) is 53.2 Å². The molecule has 0 saturated heterocycles. The Kier molecular flexibility index (Phi) is 6.52. The quantitative estimate of drug-likeness (QED) is 0.401. The zero-order valence-electron chi connectivity index (χ0n) is 14.9. The molecule has 2 aromatic carbocycles. The van der Waals surface area contributed by atoms with Gasteiger partial charge in [0.1, 0.15) is 11.5 Å². The van der Waals surface area contributed by atoms with Crippen molar-refractivity contribution in [3.05, 3.63) is 52.5 Å². The van der Waals surface area contributed by atoms with Crippen molar-refractivity contribution in [1.82, 2.24) is 15.2 Å². The van der Waals surface area contributed by atoms with Crippen molar-refractivity contribution >= 4 is 33.5 Å². The number of ether oxygens (including phenoxy) is 2. The largest absolute Gasteiger partial charge is 0.496 e. The molecule has 1 heterocycles. The van der Waals surface area contributed by atoms with Gasteiger partial charge >= 0.3 is 0 Å². The molecule has 0 amide bonds. The van der Waals surface area contributed by atoms with Crippen molar-refractivity contribution in [1.29, 1.82) is 0 Å². The number of hydrogen-bond acceptors (Lipinski definition) is 6. The number of nitrogens with one attached hydrogen (secondary N) is 1. The highest BCUT2D eigenvalue weighted by Gasteiger charge is 2.14. The van der Waals surface area contributed by atoms with E-state index < -0.39 is 0 Å². The van der Waals surface area contributed by atoms with Gasteiger partial charge in [0.15, 0.2) is 11.6 Å². The number of aromatic nitrogens is 3. The zero-order chi connectivity index (χ0) is 19.2. The lowest BCUT2D eigenvalue weighted by Crippen LogP contribution is -2.03. The van der Waals surface area contributed by atoms with Crippen LogP contribution in [0.3, 0.4) is 0 Å². The van der Waals surface area contributed by atoms with Crippen LogP contribution in [0.15, 0.2) is 52.1 Å². The molecule has 1 N–H and O–H groups in total. The van der Waals surface area contributed by atoms with Crippen LogP contribution in [0, 0.1) is 0 Å². The van der Waals surface area contributed by atoms with Gasteiger partial charge in [-0.3, -0.25) is 9.89 Å². The number of rotatable bonds is 8. The number of H-pyrrole nitrogens is 1. The summed E-state index contributed by atoms with van der Waals surface area (Å²) < 4.78 is 11.6. The molecule has 8 heteroatoms. The summed E-state index contributed by atoms with van der Waals surface area (Å²) >= 11 is 4.68. The Bertz CT molecular complexity index is 945. The number of thioether (sulfide) groups is 1. The third-order valence-electron chi connectivity index (χ3n) is 3.71. The fraction of sp³-hybridized carbons (Fsp3) is 0.211. The summed E-state index contributed by atoms with van der Waals surface area (Å²) in [5.41, 5.74) is 1.44. The number of Topliss-reactive ketones (excluding diaryl/α,β-unsaturated/α-hetero) is 1. The molecule has 0 aliphatic carbocycles. The standard InChI is InChI=1S/C19H18BrN3O3S/c1-3-26-16-7-5-4-6-13(16)18-21-19(23-22-18)27-11-15(24)12-8-9-17(25-2)14(20)10-12/h4-10H,3,11H2,1-2H3,(H,21,22,23). The number of methoxy groups -OCH3 is 1. The Labute approximate surface area is 169 Å². The average Bonchev–Trinajstić information content (AvgIpc) is 3.15. The number of halogens is 1. The number of benzene rings is 2. The van der Waals surface area contributed by atoms with Gasteiger partial charge in [0.2, 0.25) is 5.16 Å². The number of carbonyl (C=O) groups is 1. The van der Waals surface area contributed by atoms with Crippen LogP contribution in [0.4, 0.5) is 0 Å². The molecule has 0 spiro atoms. The number of hydrogen-bond donors (Lipinski definition) is 1. The minimum Gasteiger partial charge on any atom is -0.496 e. The van der Waals surface area contributed by atoms with E-state index in [9.17, 15) is 4.79 Å². The molecule has 0 aliphatic rings. The molecule has 6 nitrogen and oxygen atoms in total. The second-order valence-electron chi connectivity index (χ2n) is 5.46. The van der Waals surface area contributed by atoms with Gasteiger partial charge in [-0.2, -0.15) is 0 Å². The first-order valence-corrected chi connectivity index (χ1v) is 10.0. The van der Waals surface area contributed by atoms with Crippen molar-refractivity contribution < 1.29 is 14.3 Å². The van der Waals surface area contributed by atoms with Crippen molar-refractivity contribution in [2.24, 2.45) is 0 Å². The lowest BCUT2D eigenvalue weighted by Gasteiger charge is -2.06. The van der Waals surface area contributed by atoms with Gasteiger partial charge in [-0.25, -0.2) is 4.98 Å². The molecule has 0 fully saturated rings. The second-order valence-corrected chi connectivity index (χ2v) is 7.25. The molecular formula is C19H18BrN3O3S. The van der Waals surface area contributed by atoms with Gasteiger partial charge in [0, 0.05) is 5.56 Å². The fourth-order valence-electron chi connectivity index (χ4n) is 2.43. The Morgan fingerprint density at radius 3 is 2.78 bits per heavy atom. The highest BCUT2D eigenvalue weighted by molar-refractivity contribution is 9.10. The monoisotopic (exact) mass is 447 g/mol. The maximum atomic E-state index is 12.4. The lowest BCUT2D eigenvalue weighted by atomic mass is 10.1. The molecule has 3 rings (SSSR count). The number of carbonyl (C=O) groups excluding carboxylic acids is 1. The van der Waals surface area contributed by atoms with E-state index in [2.05, 4.69) is 31.1 Å². The Morgan fingerprint density at radius 1 is 1.22 bits per heavy atom. The van der Waals surface area contributed by atoms with Crippen LogP contribution >= 0.6 is 27.7 Å². The molecule has 3 aromatic rings. The summed E-state index contributed by atoms with van der Waals surface area (Å²) in [6, 6.07) is 12.9. The van der Waals surface area contributed by atoms with Crippen LogP contribution in [0.2, 0.25) is 0 Å². The van der Waals surface area contributed by atoms with Crippen molar-refractivity contribution in [2.75, 3.05) is 19.5 Å². The van der Waals surface area contributed by atoms with E-state index in [1.165, 1.54) is 11.8 Å². The van der Waals surface area contributed by atoms with E-state index in [0.29, 0.717) is 28.9 Å². The molecule has 0 saturated carbocycles. The Balaban J connectivity index is 1.68. The molecule has 27 heavy (non-hydrogen) atoms. The van der Waals surface area contributed by atoms with Crippen LogP contribution in [0.25, 0.3) is 11.4 Å². The van der Waals surface area contributed by atoms with Crippen LogP contribution in [-0.2, 0) is 0 Å². The summed E-state index contributed by atoms with van der Waals surface area (Å²) in [5, 5.41) is 7.62. The van der Waals surface area contributed by atoms with E-state index in [4.69, 9.17) is 9.47 Å². The molecule has 0 aliphatic heterocycles. The van der Waals surface area contributed by atoms with E-state index in [-0.39, 0.29) is 11.5 Å². The molecule has 0 atom stereocenters. The first-order chi connectivity index (χ1) is 13.1. The average molecular weight is 448 g/mol. The van der Waals surface area contributed by atoms with Gasteiger partial charge < -0.3 is 9.47 Å². The minimum absolute atomic E-state index is 0.00980. The van der Waals surface area contributed by atoms with E-state index >= 15 is 0 Å². The number of aromatic amines is 1. The van der Waals surface area contributed by atoms with Crippen LogP contribution in [-0.4, -0.2) is 40.4 Å². The molecule has 0 bridgehead atoms. The van der Waals surface area contributed by atoms with Crippen molar-refractivity contribution in [2.45, 2.75) is 12.1 Å². The maximum Gasteiger partial charge on any atom is 0.209 e. The summed E-state index contributed by atoms with van der Waals surface area (Å²) in [4.78, 5) is 16.9. The smallest absolute Gasteiger partial charge is 0.209 e. The number of nitrogens with zero attached hydrogens (tertiary/aromatic N) is 2. The van der Waals surface area contributed by atoms with Gasteiger partial charge in [-0.1, -0.05) is 23.9 Å².